The van der Waals surface area contributed by atoms with E-state index in [-0.39, 0.29) is 19.2 Å². The minimum Gasteiger partial charge on any atom is -0.457 e. The second kappa shape index (κ2) is 35.4. The third-order valence-corrected chi connectivity index (χ3v) is 9.87. The molecular formula is C43H80O9. The first-order chi connectivity index (χ1) is 25.4. The largest absolute Gasteiger partial charge is 0.457 e. The van der Waals surface area contributed by atoms with Crippen molar-refractivity contribution in [2.75, 3.05) is 26.4 Å². The van der Waals surface area contributed by atoms with Crippen molar-refractivity contribution in [1.29, 1.82) is 0 Å². The van der Waals surface area contributed by atoms with Crippen molar-refractivity contribution in [3.05, 3.63) is 24.3 Å². The topological polar surface area (TPSA) is 135 Å². The number of rotatable bonds is 36. The van der Waals surface area contributed by atoms with Crippen LogP contribution in [0.4, 0.5) is 0 Å². The van der Waals surface area contributed by atoms with Crippen LogP contribution >= 0.6 is 0 Å². The molecule has 0 aromatic heterocycles. The second-order valence-corrected chi connectivity index (χ2v) is 14.8. The summed E-state index contributed by atoms with van der Waals surface area (Å²) >= 11 is 0. The van der Waals surface area contributed by atoms with Crippen LogP contribution in [0.25, 0.3) is 0 Å². The Labute approximate surface area is 317 Å². The number of esters is 1. The molecule has 1 rings (SSSR count). The number of hydrogen-bond donors (Lipinski definition) is 4. The maximum atomic E-state index is 12.7. The Balaban J connectivity index is 2.28. The molecule has 9 nitrogen and oxygen atoms in total. The van der Waals surface area contributed by atoms with E-state index in [1.54, 1.807) is 0 Å². The van der Waals surface area contributed by atoms with Gasteiger partial charge in [0.1, 0.15) is 30.5 Å². The fourth-order valence-corrected chi connectivity index (χ4v) is 6.46. The number of aliphatic hydroxyl groups excluding tert-OH is 4. The van der Waals surface area contributed by atoms with E-state index in [1.165, 1.54) is 109 Å². The SMILES string of the molecule is CCCCCC/C=C\C/C=C\CCCCCCCCOCC(COC1OC(CO)C(O)C(O)C1O)OC(=O)CCCCCCCCCCCCCC. The highest BCUT2D eigenvalue weighted by molar-refractivity contribution is 5.69. The Hall–Kier alpha value is -1.33. The van der Waals surface area contributed by atoms with Gasteiger partial charge >= 0.3 is 5.97 Å². The van der Waals surface area contributed by atoms with E-state index in [4.69, 9.17) is 18.9 Å². The van der Waals surface area contributed by atoms with E-state index in [9.17, 15) is 25.2 Å². The smallest absolute Gasteiger partial charge is 0.306 e. The fourth-order valence-electron chi connectivity index (χ4n) is 6.46. The van der Waals surface area contributed by atoms with Gasteiger partial charge in [-0.1, -0.05) is 154 Å². The molecule has 0 bridgehead atoms. The second-order valence-electron chi connectivity index (χ2n) is 14.8. The number of aliphatic hydroxyl groups is 4. The van der Waals surface area contributed by atoms with Crippen LogP contribution in [0, 0.1) is 0 Å². The highest BCUT2D eigenvalue weighted by Crippen LogP contribution is 2.22. The van der Waals surface area contributed by atoms with Gasteiger partial charge in [-0.05, 0) is 44.9 Å². The van der Waals surface area contributed by atoms with E-state index in [2.05, 4.69) is 38.2 Å². The predicted octanol–water partition coefficient (Wildman–Crippen LogP) is 9.03. The fraction of sp³-hybridized carbons (Fsp3) is 0.884. The number of allylic oxidation sites excluding steroid dienone is 4. The van der Waals surface area contributed by atoms with Crippen LogP contribution in [0.5, 0.6) is 0 Å². The van der Waals surface area contributed by atoms with Crippen molar-refractivity contribution in [2.45, 2.75) is 218 Å². The van der Waals surface area contributed by atoms with Crippen LogP contribution in [0.2, 0.25) is 0 Å². The molecule has 1 heterocycles. The first-order valence-corrected chi connectivity index (χ1v) is 21.4. The van der Waals surface area contributed by atoms with Gasteiger partial charge in [-0.2, -0.15) is 0 Å². The molecule has 0 amide bonds. The third kappa shape index (κ3) is 26.4. The molecule has 6 unspecified atom stereocenters. The zero-order chi connectivity index (χ0) is 37.9. The standard InChI is InChI=1S/C43H80O9/c1-3-5-7-9-11-13-15-17-18-19-20-21-23-25-27-29-31-33-49-35-37(36-50-43-42(48)41(47)40(46)38(34-44)52-43)51-39(45)32-30-28-26-24-22-16-14-12-10-8-6-4-2/h13,15,18-19,37-38,40-44,46-48H,3-12,14,16-17,20-36H2,1-2H3/b15-13-,19-18-. The molecule has 1 aliphatic heterocycles. The maximum absolute atomic E-state index is 12.7. The highest BCUT2D eigenvalue weighted by Gasteiger charge is 2.44. The van der Waals surface area contributed by atoms with Gasteiger partial charge in [-0.15, -0.1) is 0 Å². The van der Waals surface area contributed by atoms with E-state index in [1.807, 2.05) is 0 Å². The highest BCUT2D eigenvalue weighted by atomic mass is 16.7. The minimum atomic E-state index is -1.53. The number of unbranched alkanes of at least 4 members (excludes halogenated alkanes) is 21. The normalized spacial score (nSPS) is 21.4. The Bertz CT molecular complexity index is 848. The van der Waals surface area contributed by atoms with Gasteiger partial charge in [0.15, 0.2) is 6.29 Å². The molecule has 0 spiro atoms. The molecule has 0 radical (unpaired) electrons. The average Bonchev–Trinajstić information content (AvgIpc) is 3.14. The summed E-state index contributed by atoms with van der Waals surface area (Å²) in [7, 11) is 0. The van der Waals surface area contributed by atoms with Gasteiger partial charge in [-0.25, -0.2) is 0 Å². The summed E-state index contributed by atoms with van der Waals surface area (Å²) in [5.74, 6) is -0.317. The summed E-state index contributed by atoms with van der Waals surface area (Å²) in [5, 5.41) is 40.0. The molecule has 1 fully saturated rings. The Morgan fingerprint density at radius 3 is 1.67 bits per heavy atom. The first kappa shape index (κ1) is 48.7. The molecule has 1 aliphatic rings. The van der Waals surface area contributed by atoms with Gasteiger partial charge < -0.3 is 39.4 Å². The van der Waals surface area contributed by atoms with E-state index in [0.29, 0.717) is 13.0 Å². The van der Waals surface area contributed by atoms with Crippen LogP contribution in [0.3, 0.4) is 0 Å². The van der Waals surface area contributed by atoms with Gasteiger partial charge in [0.25, 0.3) is 0 Å². The monoisotopic (exact) mass is 741 g/mol. The van der Waals surface area contributed by atoms with Gasteiger partial charge in [-0.3, -0.25) is 4.79 Å². The predicted molar refractivity (Wildman–Crippen MR) is 210 cm³/mol. The lowest BCUT2D eigenvalue weighted by atomic mass is 9.99. The summed E-state index contributed by atoms with van der Waals surface area (Å²) in [6.07, 6.45) is 32.0. The number of ether oxygens (including phenoxy) is 4. The molecule has 6 atom stereocenters. The lowest BCUT2D eigenvalue weighted by Gasteiger charge is -2.39. The van der Waals surface area contributed by atoms with Gasteiger partial charge in [0.05, 0.1) is 19.8 Å². The van der Waals surface area contributed by atoms with Crippen molar-refractivity contribution in [3.63, 3.8) is 0 Å². The van der Waals surface area contributed by atoms with Gasteiger partial charge in [0.2, 0.25) is 0 Å². The van der Waals surface area contributed by atoms with Crippen LogP contribution in [0.15, 0.2) is 24.3 Å². The molecule has 0 aromatic carbocycles. The summed E-state index contributed by atoms with van der Waals surface area (Å²) in [6.45, 7) is 4.52. The van der Waals surface area contributed by atoms with E-state index in [0.717, 1.165) is 51.4 Å². The van der Waals surface area contributed by atoms with Crippen molar-refractivity contribution < 1.29 is 44.2 Å². The van der Waals surface area contributed by atoms with Crippen molar-refractivity contribution in [1.82, 2.24) is 0 Å². The number of hydrogen-bond acceptors (Lipinski definition) is 9. The zero-order valence-electron chi connectivity index (χ0n) is 33.3. The lowest BCUT2D eigenvalue weighted by Crippen LogP contribution is -2.59. The number of carbonyl (C=O) groups is 1. The zero-order valence-corrected chi connectivity index (χ0v) is 33.3. The molecule has 1 saturated heterocycles. The van der Waals surface area contributed by atoms with E-state index < -0.39 is 43.4 Å². The molecule has 4 N–H and O–H groups in total. The van der Waals surface area contributed by atoms with Crippen LogP contribution < -0.4 is 0 Å². The summed E-state index contributed by atoms with van der Waals surface area (Å²) in [6, 6.07) is 0. The van der Waals surface area contributed by atoms with Crippen molar-refractivity contribution in [3.8, 4) is 0 Å². The molecule has 0 aliphatic carbocycles. The summed E-state index contributed by atoms with van der Waals surface area (Å²) < 4.78 is 22.8. The third-order valence-electron chi connectivity index (χ3n) is 9.87. The van der Waals surface area contributed by atoms with Crippen LogP contribution in [-0.2, 0) is 23.7 Å². The Morgan fingerprint density at radius 1 is 0.615 bits per heavy atom. The van der Waals surface area contributed by atoms with Crippen molar-refractivity contribution in [2.24, 2.45) is 0 Å². The van der Waals surface area contributed by atoms with Gasteiger partial charge in [0, 0.05) is 13.0 Å². The van der Waals surface area contributed by atoms with E-state index >= 15 is 0 Å². The average molecular weight is 741 g/mol. The molecule has 0 aromatic rings. The van der Waals surface area contributed by atoms with Crippen LogP contribution in [-0.4, -0.2) is 89.6 Å². The Morgan fingerprint density at radius 2 is 1.12 bits per heavy atom. The Kier molecular flexibility index (Phi) is 33.1. The number of carbonyl (C=O) groups excluding carboxylic acids is 1. The maximum Gasteiger partial charge on any atom is 0.306 e. The summed E-state index contributed by atoms with van der Waals surface area (Å²) in [5.41, 5.74) is 0. The quantitative estimate of drug-likeness (QED) is 0.0282. The molecule has 0 saturated carbocycles. The minimum absolute atomic E-state index is 0.114. The first-order valence-electron chi connectivity index (χ1n) is 21.4. The van der Waals surface area contributed by atoms with Crippen molar-refractivity contribution >= 4 is 5.97 Å². The van der Waals surface area contributed by atoms with Crippen LogP contribution in [0.1, 0.15) is 181 Å². The lowest BCUT2D eigenvalue weighted by molar-refractivity contribution is -0.305. The molecule has 9 heteroatoms. The molecular weight excluding hydrogens is 660 g/mol. The molecule has 52 heavy (non-hydrogen) atoms. The summed E-state index contributed by atoms with van der Waals surface area (Å²) in [4.78, 5) is 12.7. The molecule has 306 valence electrons.